The van der Waals surface area contributed by atoms with Crippen LogP contribution in [0.2, 0.25) is 4.47 Å². The van der Waals surface area contributed by atoms with Crippen molar-refractivity contribution in [2.24, 2.45) is 0 Å². The van der Waals surface area contributed by atoms with Gasteiger partial charge in [0.25, 0.3) is 0 Å². The predicted molar refractivity (Wildman–Crippen MR) is 82.8 cm³/mol. The fourth-order valence-corrected chi connectivity index (χ4v) is 2.88. The second-order valence-corrected chi connectivity index (χ2v) is 6.10. The lowest BCUT2D eigenvalue weighted by molar-refractivity contribution is 1.05. The van der Waals surface area contributed by atoms with Crippen LogP contribution in [0.4, 0.5) is 5.69 Å². The van der Waals surface area contributed by atoms with E-state index < -0.39 is 0 Å². The van der Waals surface area contributed by atoms with E-state index in [1.807, 2.05) is 10.8 Å². The van der Waals surface area contributed by atoms with E-state index in [-0.39, 0.29) is 0 Å². The van der Waals surface area contributed by atoms with E-state index in [2.05, 4.69) is 40.4 Å². The van der Waals surface area contributed by atoms with Crippen LogP contribution in [-0.4, -0.2) is 14.5 Å². The number of aryl methyl sites for hydroxylation is 1. The van der Waals surface area contributed by atoms with Crippen LogP contribution >= 0.6 is 22.9 Å². The Hall–Kier alpha value is -1.85. The highest BCUT2D eigenvalue weighted by molar-refractivity contribution is 7.15. The van der Waals surface area contributed by atoms with Crippen LogP contribution in [0.3, 0.4) is 0 Å². The highest BCUT2D eigenvalue weighted by atomic mass is 35.5. The molecule has 0 saturated carbocycles. The van der Waals surface area contributed by atoms with Gasteiger partial charge >= 0.3 is 0 Å². The van der Waals surface area contributed by atoms with Crippen molar-refractivity contribution in [2.45, 2.75) is 13.5 Å². The van der Waals surface area contributed by atoms with E-state index in [1.54, 1.807) is 18.7 Å². The maximum atomic E-state index is 5.82. The topological polar surface area (TPSA) is 42.7 Å². The zero-order chi connectivity index (χ0) is 13.9. The molecule has 0 atom stereocenters. The van der Waals surface area contributed by atoms with Gasteiger partial charge in [-0.1, -0.05) is 11.6 Å². The molecule has 3 aromatic rings. The number of hydrogen-bond acceptors (Lipinski definition) is 4. The highest BCUT2D eigenvalue weighted by Gasteiger charge is 2.03. The second-order valence-electron chi connectivity index (χ2n) is 4.40. The molecule has 1 N–H and O–H groups in total. The summed E-state index contributed by atoms with van der Waals surface area (Å²) in [5.74, 6) is 0. The summed E-state index contributed by atoms with van der Waals surface area (Å²) in [5, 5.41) is 3.40. The molecule has 0 unspecified atom stereocenters. The molecule has 2 aromatic heterocycles. The van der Waals surface area contributed by atoms with Crippen LogP contribution in [0.15, 0.2) is 43.1 Å². The molecule has 2 heterocycles. The van der Waals surface area contributed by atoms with Gasteiger partial charge in [-0.2, -0.15) is 0 Å². The fourth-order valence-electron chi connectivity index (χ4n) is 1.97. The molecular formula is C14H13ClN4S. The van der Waals surface area contributed by atoms with Crippen LogP contribution < -0.4 is 5.32 Å². The average molecular weight is 305 g/mol. The summed E-state index contributed by atoms with van der Waals surface area (Å²) in [6, 6.07) is 6.27. The summed E-state index contributed by atoms with van der Waals surface area (Å²) in [4.78, 5) is 9.21. The van der Waals surface area contributed by atoms with Gasteiger partial charge in [-0.15, -0.1) is 11.3 Å². The van der Waals surface area contributed by atoms with E-state index in [0.29, 0.717) is 4.47 Å². The van der Waals surface area contributed by atoms with Crippen molar-refractivity contribution in [3.63, 3.8) is 0 Å². The number of benzene rings is 1. The van der Waals surface area contributed by atoms with Gasteiger partial charge in [0.2, 0.25) is 0 Å². The van der Waals surface area contributed by atoms with Gasteiger partial charge in [0.15, 0.2) is 4.47 Å². The molecule has 3 rings (SSSR count). The molecule has 0 aliphatic heterocycles. The molecular weight excluding hydrogens is 292 g/mol. The van der Waals surface area contributed by atoms with Crippen molar-refractivity contribution in [3.05, 3.63) is 58.0 Å². The Morgan fingerprint density at radius 3 is 2.95 bits per heavy atom. The third kappa shape index (κ3) is 2.84. The maximum Gasteiger partial charge on any atom is 0.183 e. The van der Waals surface area contributed by atoms with E-state index in [0.717, 1.165) is 22.8 Å². The first kappa shape index (κ1) is 13.1. The number of anilines is 1. The molecule has 1 aromatic carbocycles. The number of imidazole rings is 1. The standard InChI is InChI=1S/C14H13ClN4S/c1-10-6-11(19-5-4-16-9-19)2-3-13(10)17-7-12-8-18-14(15)20-12/h2-6,8-9,17H,7H2,1H3. The van der Waals surface area contributed by atoms with Crippen molar-refractivity contribution in [1.29, 1.82) is 0 Å². The van der Waals surface area contributed by atoms with Gasteiger partial charge in [-0.3, -0.25) is 0 Å². The molecule has 6 heteroatoms. The van der Waals surface area contributed by atoms with Crippen LogP contribution in [0.1, 0.15) is 10.4 Å². The van der Waals surface area contributed by atoms with E-state index in [1.165, 1.54) is 16.9 Å². The monoisotopic (exact) mass is 304 g/mol. The van der Waals surface area contributed by atoms with Gasteiger partial charge in [-0.05, 0) is 30.7 Å². The molecule has 0 radical (unpaired) electrons. The molecule has 102 valence electrons. The largest absolute Gasteiger partial charge is 0.380 e. The molecule has 0 saturated heterocycles. The minimum atomic E-state index is 0.578. The predicted octanol–water partition coefficient (Wildman–Crippen LogP) is 3.90. The first-order valence-corrected chi connectivity index (χ1v) is 7.35. The molecule has 0 aliphatic carbocycles. The van der Waals surface area contributed by atoms with Crippen molar-refractivity contribution in [3.8, 4) is 5.69 Å². The van der Waals surface area contributed by atoms with Crippen molar-refractivity contribution in [1.82, 2.24) is 14.5 Å². The van der Waals surface area contributed by atoms with Crippen LogP contribution in [0.25, 0.3) is 5.69 Å². The number of aromatic nitrogens is 3. The van der Waals surface area contributed by atoms with Crippen molar-refractivity contribution < 1.29 is 0 Å². The minimum absolute atomic E-state index is 0.578. The molecule has 0 bridgehead atoms. The smallest absolute Gasteiger partial charge is 0.183 e. The Kier molecular flexibility index (Phi) is 3.71. The molecule has 0 aliphatic rings. The summed E-state index contributed by atoms with van der Waals surface area (Å²) < 4.78 is 2.56. The van der Waals surface area contributed by atoms with Crippen LogP contribution in [0, 0.1) is 6.92 Å². The van der Waals surface area contributed by atoms with Crippen molar-refractivity contribution >= 4 is 28.6 Å². The SMILES string of the molecule is Cc1cc(-n2ccnc2)ccc1NCc1cnc(Cl)s1. The molecule has 0 amide bonds. The lowest BCUT2D eigenvalue weighted by Gasteiger charge is -2.10. The maximum absolute atomic E-state index is 5.82. The lowest BCUT2D eigenvalue weighted by Crippen LogP contribution is -2.00. The number of halogens is 1. The Morgan fingerprint density at radius 1 is 1.40 bits per heavy atom. The zero-order valence-corrected chi connectivity index (χ0v) is 12.4. The number of rotatable bonds is 4. The van der Waals surface area contributed by atoms with E-state index in [9.17, 15) is 0 Å². The number of thiazole rings is 1. The summed E-state index contributed by atoms with van der Waals surface area (Å²) in [5.41, 5.74) is 3.40. The third-order valence-electron chi connectivity index (χ3n) is 2.99. The average Bonchev–Trinajstić information content (AvgIpc) is 3.08. The van der Waals surface area contributed by atoms with E-state index >= 15 is 0 Å². The highest BCUT2D eigenvalue weighted by Crippen LogP contribution is 2.22. The Bertz CT molecular complexity index is 706. The Morgan fingerprint density at radius 2 is 2.30 bits per heavy atom. The Balaban J connectivity index is 1.74. The van der Waals surface area contributed by atoms with Crippen molar-refractivity contribution in [2.75, 3.05) is 5.32 Å². The fraction of sp³-hybridized carbons (Fsp3) is 0.143. The van der Waals surface area contributed by atoms with Gasteiger partial charge in [0.05, 0.1) is 12.9 Å². The van der Waals surface area contributed by atoms with E-state index in [4.69, 9.17) is 11.6 Å². The molecule has 0 fully saturated rings. The number of nitrogens with one attached hydrogen (secondary N) is 1. The van der Waals surface area contributed by atoms with Crippen LogP contribution in [-0.2, 0) is 6.54 Å². The normalized spacial score (nSPS) is 10.7. The van der Waals surface area contributed by atoms with Gasteiger partial charge in [0, 0.05) is 34.8 Å². The molecule has 4 nitrogen and oxygen atoms in total. The number of hydrogen-bond donors (Lipinski definition) is 1. The first-order chi connectivity index (χ1) is 9.72. The summed E-state index contributed by atoms with van der Waals surface area (Å²) >= 11 is 7.32. The molecule has 0 spiro atoms. The zero-order valence-electron chi connectivity index (χ0n) is 10.9. The second kappa shape index (κ2) is 5.64. The summed E-state index contributed by atoms with van der Waals surface area (Å²) in [6.07, 6.45) is 7.30. The summed E-state index contributed by atoms with van der Waals surface area (Å²) in [6.45, 7) is 2.82. The third-order valence-corrected chi connectivity index (χ3v) is 4.11. The van der Waals surface area contributed by atoms with Gasteiger partial charge in [-0.25, -0.2) is 9.97 Å². The Labute approximate surface area is 126 Å². The number of nitrogens with zero attached hydrogens (tertiary/aromatic N) is 3. The van der Waals surface area contributed by atoms with Gasteiger partial charge < -0.3 is 9.88 Å². The van der Waals surface area contributed by atoms with Gasteiger partial charge in [0.1, 0.15) is 0 Å². The molecule has 20 heavy (non-hydrogen) atoms. The lowest BCUT2D eigenvalue weighted by atomic mass is 10.1. The minimum Gasteiger partial charge on any atom is -0.380 e. The van der Waals surface area contributed by atoms with Crippen LogP contribution in [0.5, 0.6) is 0 Å². The quantitative estimate of drug-likeness (QED) is 0.795. The first-order valence-electron chi connectivity index (χ1n) is 6.15. The summed E-state index contributed by atoms with van der Waals surface area (Å²) in [7, 11) is 0.